The Balaban J connectivity index is 2.30. The van der Waals surface area contributed by atoms with E-state index in [1.807, 2.05) is 0 Å². The molecule has 0 aromatic carbocycles. The Hall–Kier alpha value is -0.0800. The number of hydrogen-bond donors (Lipinski definition) is 0. The van der Waals surface area contributed by atoms with Crippen molar-refractivity contribution in [1.29, 1.82) is 0 Å². The molecule has 0 unspecified atom stereocenters. The largest absolute Gasteiger partial charge is 0.373 e. The highest BCUT2D eigenvalue weighted by Gasteiger charge is 2.23. The molecule has 14 heavy (non-hydrogen) atoms. The molecule has 0 amide bonds. The van der Waals surface area contributed by atoms with Crippen LogP contribution in [0, 0.1) is 5.41 Å². The van der Waals surface area contributed by atoms with Crippen molar-refractivity contribution in [3.05, 3.63) is 0 Å². The average molecular weight is 199 g/mol. The predicted molar refractivity (Wildman–Crippen MR) is 60.5 cm³/mol. The second-order valence-corrected chi connectivity index (χ2v) is 5.83. The number of hydrogen-bond acceptors (Lipinski definition) is 2. The van der Waals surface area contributed by atoms with Crippen molar-refractivity contribution in [2.24, 2.45) is 5.41 Å². The van der Waals surface area contributed by atoms with Gasteiger partial charge in [-0.25, -0.2) is 0 Å². The van der Waals surface area contributed by atoms with Crippen LogP contribution in [0.2, 0.25) is 0 Å². The van der Waals surface area contributed by atoms with E-state index < -0.39 is 0 Å². The molecule has 0 aromatic rings. The van der Waals surface area contributed by atoms with E-state index in [9.17, 15) is 0 Å². The van der Waals surface area contributed by atoms with E-state index in [0.29, 0.717) is 17.6 Å². The van der Waals surface area contributed by atoms with Gasteiger partial charge in [-0.2, -0.15) is 0 Å². The number of nitrogens with zero attached hydrogens (tertiary/aromatic N) is 1. The lowest BCUT2D eigenvalue weighted by Gasteiger charge is -2.36. The fraction of sp³-hybridized carbons (Fsp3) is 1.00. The molecule has 0 aromatic heterocycles. The molecule has 2 nitrogen and oxygen atoms in total. The average Bonchev–Trinajstić information content (AvgIpc) is 1.97. The number of ether oxygens (including phenoxy) is 1. The van der Waals surface area contributed by atoms with E-state index in [1.54, 1.807) is 0 Å². The lowest BCUT2D eigenvalue weighted by molar-refractivity contribution is -0.0697. The van der Waals surface area contributed by atoms with E-state index in [2.05, 4.69) is 39.5 Å². The van der Waals surface area contributed by atoms with Crippen LogP contribution < -0.4 is 0 Å². The molecule has 0 N–H and O–H groups in total. The monoisotopic (exact) mass is 199 g/mol. The second-order valence-electron chi connectivity index (χ2n) is 5.83. The smallest absolute Gasteiger partial charge is 0.0678 e. The first kappa shape index (κ1) is 12.0. The maximum Gasteiger partial charge on any atom is 0.0678 e. The maximum absolute atomic E-state index is 5.71. The summed E-state index contributed by atoms with van der Waals surface area (Å²) in [6, 6.07) is 0. The van der Waals surface area contributed by atoms with E-state index >= 15 is 0 Å². The third kappa shape index (κ3) is 4.43. The summed E-state index contributed by atoms with van der Waals surface area (Å²) in [4.78, 5) is 2.53. The quantitative estimate of drug-likeness (QED) is 0.677. The van der Waals surface area contributed by atoms with Crippen LogP contribution in [0.25, 0.3) is 0 Å². The van der Waals surface area contributed by atoms with E-state index in [1.165, 1.54) is 13.0 Å². The zero-order chi connectivity index (χ0) is 10.8. The van der Waals surface area contributed by atoms with E-state index in [4.69, 9.17) is 4.74 Å². The first-order valence-electron chi connectivity index (χ1n) is 5.74. The van der Waals surface area contributed by atoms with Gasteiger partial charge in [-0.15, -0.1) is 0 Å². The Morgan fingerprint density at radius 2 is 1.64 bits per heavy atom. The Bertz CT molecular complexity index is 164. The molecule has 2 atom stereocenters. The van der Waals surface area contributed by atoms with Crippen LogP contribution in [-0.4, -0.2) is 36.7 Å². The van der Waals surface area contributed by atoms with Gasteiger partial charge >= 0.3 is 0 Å². The minimum Gasteiger partial charge on any atom is -0.373 e. The highest BCUT2D eigenvalue weighted by Crippen LogP contribution is 2.20. The van der Waals surface area contributed by atoms with Crippen molar-refractivity contribution in [3.8, 4) is 0 Å². The van der Waals surface area contributed by atoms with Crippen LogP contribution in [0.15, 0.2) is 0 Å². The third-order valence-electron chi connectivity index (χ3n) is 2.67. The molecule has 2 heteroatoms. The minimum atomic E-state index is 0.402. The first-order valence-corrected chi connectivity index (χ1v) is 5.74. The molecule has 0 bridgehead atoms. The summed E-state index contributed by atoms with van der Waals surface area (Å²) < 4.78 is 5.71. The summed E-state index contributed by atoms with van der Waals surface area (Å²) in [5, 5.41) is 0. The van der Waals surface area contributed by atoms with Gasteiger partial charge < -0.3 is 4.74 Å². The van der Waals surface area contributed by atoms with Gasteiger partial charge in [0.1, 0.15) is 0 Å². The van der Waals surface area contributed by atoms with Gasteiger partial charge in [-0.05, 0) is 32.2 Å². The van der Waals surface area contributed by atoms with Crippen molar-refractivity contribution in [2.75, 3.05) is 19.6 Å². The Labute approximate surface area is 88.6 Å². The van der Waals surface area contributed by atoms with E-state index in [-0.39, 0.29) is 0 Å². The van der Waals surface area contributed by atoms with Gasteiger partial charge in [-0.1, -0.05) is 20.8 Å². The predicted octanol–water partition coefficient (Wildman–Crippen LogP) is 2.53. The van der Waals surface area contributed by atoms with E-state index in [0.717, 1.165) is 13.1 Å². The third-order valence-corrected chi connectivity index (χ3v) is 2.67. The first-order chi connectivity index (χ1) is 6.37. The van der Waals surface area contributed by atoms with Gasteiger partial charge in [0.25, 0.3) is 0 Å². The summed E-state index contributed by atoms with van der Waals surface area (Å²) in [5.74, 6) is 0. The van der Waals surface area contributed by atoms with Crippen molar-refractivity contribution < 1.29 is 4.74 Å². The highest BCUT2D eigenvalue weighted by molar-refractivity contribution is 4.74. The summed E-state index contributed by atoms with van der Waals surface area (Å²) in [6.45, 7) is 14.7. The van der Waals surface area contributed by atoms with Gasteiger partial charge in [0.2, 0.25) is 0 Å². The van der Waals surface area contributed by atoms with Crippen LogP contribution >= 0.6 is 0 Å². The van der Waals surface area contributed by atoms with Gasteiger partial charge in [0.05, 0.1) is 12.2 Å². The van der Waals surface area contributed by atoms with Gasteiger partial charge in [0, 0.05) is 13.1 Å². The molecule has 84 valence electrons. The molecule has 0 saturated carbocycles. The molecule has 1 heterocycles. The Kier molecular flexibility index (Phi) is 3.96. The van der Waals surface area contributed by atoms with Gasteiger partial charge in [0.15, 0.2) is 0 Å². The summed E-state index contributed by atoms with van der Waals surface area (Å²) in [5.41, 5.74) is 0.449. The number of morpholine rings is 1. The SMILES string of the molecule is C[C@@H]1CN(CCC(C)(C)C)C[C@H](C)O1. The van der Waals surface area contributed by atoms with Crippen LogP contribution in [-0.2, 0) is 4.74 Å². The van der Waals surface area contributed by atoms with Crippen LogP contribution in [0.4, 0.5) is 0 Å². The molecule has 0 spiro atoms. The van der Waals surface area contributed by atoms with Crippen LogP contribution in [0.1, 0.15) is 41.0 Å². The second kappa shape index (κ2) is 4.63. The molecule has 1 rings (SSSR count). The van der Waals surface area contributed by atoms with Crippen molar-refractivity contribution >= 4 is 0 Å². The Morgan fingerprint density at radius 1 is 1.14 bits per heavy atom. The molecule has 1 saturated heterocycles. The van der Waals surface area contributed by atoms with Crippen LogP contribution in [0.3, 0.4) is 0 Å². The zero-order valence-electron chi connectivity index (χ0n) is 10.3. The van der Waals surface area contributed by atoms with Crippen molar-refractivity contribution in [2.45, 2.75) is 53.2 Å². The van der Waals surface area contributed by atoms with Crippen molar-refractivity contribution in [3.63, 3.8) is 0 Å². The summed E-state index contributed by atoms with van der Waals surface area (Å²) in [7, 11) is 0. The maximum atomic E-state index is 5.71. The molecule has 0 aliphatic carbocycles. The minimum absolute atomic E-state index is 0.402. The standard InChI is InChI=1S/C12H25NO/c1-10-8-13(9-11(2)14-10)7-6-12(3,4)5/h10-11H,6-9H2,1-5H3/t10-,11+. The molecule has 1 aliphatic heterocycles. The normalized spacial score (nSPS) is 30.6. The lowest BCUT2D eigenvalue weighted by Crippen LogP contribution is -2.46. The highest BCUT2D eigenvalue weighted by atomic mass is 16.5. The lowest BCUT2D eigenvalue weighted by atomic mass is 9.92. The van der Waals surface area contributed by atoms with Gasteiger partial charge in [-0.3, -0.25) is 4.90 Å². The fourth-order valence-electron chi connectivity index (χ4n) is 1.96. The topological polar surface area (TPSA) is 12.5 Å². The van der Waals surface area contributed by atoms with Crippen LogP contribution in [0.5, 0.6) is 0 Å². The molecular weight excluding hydrogens is 174 g/mol. The Morgan fingerprint density at radius 3 is 2.07 bits per heavy atom. The molecule has 0 radical (unpaired) electrons. The summed E-state index contributed by atoms with van der Waals surface area (Å²) >= 11 is 0. The molecular formula is C12H25NO. The number of rotatable bonds is 2. The fourth-order valence-corrected chi connectivity index (χ4v) is 1.96. The zero-order valence-corrected chi connectivity index (χ0v) is 10.3. The molecule has 1 aliphatic rings. The summed E-state index contributed by atoms with van der Waals surface area (Å²) in [6.07, 6.45) is 2.07. The van der Waals surface area contributed by atoms with Crippen molar-refractivity contribution in [1.82, 2.24) is 4.90 Å². The molecule has 1 fully saturated rings.